The summed E-state index contributed by atoms with van der Waals surface area (Å²) in [6, 6.07) is 9.31. The Labute approximate surface area is 119 Å². The average Bonchev–Trinajstić information content (AvgIpc) is 2.52. The van der Waals surface area contributed by atoms with Gasteiger partial charge < -0.3 is 20.1 Å². The number of rotatable bonds is 7. The molecule has 0 aromatic heterocycles. The molecule has 0 radical (unpaired) electrons. The van der Waals surface area contributed by atoms with Crippen LogP contribution in [0.2, 0.25) is 0 Å². The van der Waals surface area contributed by atoms with Crippen molar-refractivity contribution in [2.75, 3.05) is 32.8 Å². The van der Waals surface area contributed by atoms with E-state index in [-0.39, 0.29) is 12.5 Å². The lowest BCUT2D eigenvalue weighted by molar-refractivity contribution is -0.123. The molecule has 1 amide bonds. The van der Waals surface area contributed by atoms with Crippen LogP contribution in [0, 0.1) is 0 Å². The first-order chi connectivity index (χ1) is 9.84. The number of hydrogen-bond donors (Lipinski definition) is 2. The molecule has 0 spiro atoms. The Morgan fingerprint density at radius 3 is 2.75 bits per heavy atom. The van der Waals surface area contributed by atoms with Crippen LogP contribution >= 0.6 is 0 Å². The molecular formula is C15H22N2O3. The molecule has 1 aliphatic rings. The third-order valence-electron chi connectivity index (χ3n) is 3.18. The molecule has 0 atom stereocenters. The summed E-state index contributed by atoms with van der Waals surface area (Å²) in [4.78, 5) is 11.6. The molecular weight excluding hydrogens is 256 g/mol. The summed E-state index contributed by atoms with van der Waals surface area (Å²) in [5.41, 5.74) is 0. The third-order valence-corrected chi connectivity index (χ3v) is 3.18. The van der Waals surface area contributed by atoms with Crippen molar-refractivity contribution in [2.24, 2.45) is 0 Å². The zero-order valence-electron chi connectivity index (χ0n) is 11.6. The Morgan fingerprint density at radius 1 is 1.25 bits per heavy atom. The molecule has 2 N–H and O–H groups in total. The second kappa shape index (κ2) is 8.55. The fraction of sp³-hybridized carbons (Fsp3) is 0.533. The summed E-state index contributed by atoms with van der Waals surface area (Å²) >= 11 is 0. The first kappa shape index (κ1) is 14.8. The quantitative estimate of drug-likeness (QED) is 0.729. The Bertz CT molecular complexity index is 391. The van der Waals surface area contributed by atoms with E-state index in [4.69, 9.17) is 9.47 Å². The third kappa shape index (κ3) is 5.59. The fourth-order valence-electron chi connectivity index (χ4n) is 2.09. The van der Waals surface area contributed by atoms with E-state index in [9.17, 15) is 4.79 Å². The lowest BCUT2D eigenvalue weighted by Gasteiger charge is -2.22. The van der Waals surface area contributed by atoms with Crippen molar-refractivity contribution in [3.05, 3.63) is 30.3 Å². The van der Waals surface area contributed by atoms with Crippen molar-refractivity contribution < 1.29 is 14.3 Å². The molecule has 2 rings (SSSR count). The highest BCUT2D eigenvalue weighted by molar-refractivity contribution is 5.77. The van der Waals surface area contributed by atoms with Gasteiger partial charge in [-0.05, 0) is 38.1 Å². The maximum atomic E-state index is 11.6. The molecule has 0 bridgehead atoms. The Hall–Kier alpha value is -1.59. The molecule has 5 heteroatoms. The summed E-state index contributed by atoms with van der Waals surface area (Å²) in [6.07, 6.45) is 2.42. The van der Waals surface area contributed by atoms with Gasteiger partial charge in [-0.3, -0.25) is 4.79 Å². The number of ether oxygens (including phenoxy) is 2. The van der Waals surface area contributed by atoms with Crippen LogP contribution in [0.15, 0.2) is 30.3 Å². The largest absolute Gasteiger partial charge is 0.484 e. The Kier molecular flexibility index (Phi) is 6.34. The predicted molar refractivity (Wildman–Crippen MR) is 76.8 cm³/mol. The zero-order valence-corrected chi connectivity index (χ0v) is 11.6. The van der Waals surface area contributed by atoms with Crippen LogP contribution < -0.4 is 15.4 Å². The summed E-state index contributed by atoms with van der Waals surface area (Å²) in [5, 5.41) is 6.08. The molecule has 5 nitrogen and oxygen atoms in total. The van der Waals surface area contributed by atoms with Crippen LogP contribution in [-0.2, 0) is 9.53 Å². The van der Waals surface area contributed by atoms with Gasteiger partial charge in [-0.1, -0.05) is 18.2 Å². The maximum absolute atomic E-state index is 11.6. The predicted octanol–water partition coefficient (Wildman–Crippen LogP) is 0.950. The molecule has 1 heterocycles. The van der Waals surface area contributed by atoms with Gasteiger partial charge in [-0.2, -0.15) is 0 Å². The molecule has 110 valence electrons. The minimum absolute atomic E-state index is 0.0390. The highest BCUT2D eigenvalue weighted by Crippen LogP contribution is 2.08. The van der Waals surface area contributed by atoms with Gasteiger partial charge in [0.15, 0.2) is 6.61 Å². The average molecular weight is 278 g/mol. The Balaban J connectivity index is 1.51. The molecule has 20 heavy (non-hydrogen) atoms. The van der Waals surface area contributed by atoms with Gasteiger partial charge in [0.25, 0.3) is 5.91 Å². The normalized spacial score (nSPS) is 15.8. The van der Waals surface area contributed by atoms with Gasteiger partial charge in [0.1, 0.15) is 5.75 Å². The minimum Gasteiger partial charge on any atom is -0.484 e. The first-order valence-electron chi connectivity index (χ1n) is 7.11. The van der Waals surface area contributed by atoms with Crippen LogP contribution in [-0.4, -0.2) is 44.9 Å². The number of para-hydroxylation sites is 1. The van der Waals surface area contributed by atoms with Gasteiger partial charge in [0.05, 0.1) is 12.7 Å². The zero-order chi connectivity index (χ0) is 14.0. The molecule has 0 unspecified atom stereocenters. The summed E-state index contributed by atoms with van der Waals surface area (Å²) in [6.45, 7) is 3.16. The second-order valence-corrected chi connectivity index (χ2v) is 4.77. The fourth-order valence-corrected chi connectivity index (χ4v) is 2.09. The smallest absolute Gasteiger partial charge is 0.258 e. The highest BCUT2D eigenvalue weighted by Gasteiger charge is 2.12. The van der Waals surface area contributed by atoms with E-state index in [1.165, 1.54) is 0 Å². The summed E-state index contributed by atoms with van der Waals surface area (Å²) in [7, 11) is 0. The summed E-state index contributed by atoms with van der Waals surface area (Å²) < 4.78 is 11.1. The van der Waals surface area contributed by atoms with Crippen molar-refractivity contribution in [3.63, 3.8) is 0 Å². The van der Waals surface area contributed by atoms with Crippen molar-refractivity contribution in [1.29, 1.82) is 0 Å². The van der Waals surface area contributed by atoms with Gasteiger partial charge in [-0.15, -0.1) is 0 Å². The number of hydrogen-bond acceptors (Lipinski definition) is 4. The number of carbonyl (C=O) groups excluding carboxylic acids is 1. The van der Waals surface area contributed by atoms with Gasteiger partial charge in [-0.25, -0.2) is 0 Å². The molecule has 1 aromatic rings. The van der Waals surface area contributed by atoms with E-state index in [0.29, 0.717) is 25.0 Å². The Morgan fingerprint density at radius 2 is 2.00 bits per heavy atom. The minimum atomic E-state index is -0.122. The van der Waals surface area contributed by atoms with Crippen LogP contribution in [0.25, 0.3) is 0 Å². The van der Waals surface area contributed by atoms with Gasteiger partial charge in [0.2, 0.25) is 0 Å². The van der Waals surface area contributed by atoms with Gasteiger partial charge in [0, 0.05) is 6.54 Å². The molecule has 1 fully saturated rings. The maximum Gasteiger partial charge on any atom is 0.258 e. The van der Waals surface area contributed by atoms with Gasteiger partial charge >= 0.3 is 0 Å². The number of amides is 1. The monoisotopic (exact) mass is 278 g/mol. The molecule has 1 saturated heterocycles. The molecule has 1 aromatic carbocycles. The van der Waals surface area contributed by atoms with Crippen molar-refractivity contribution in [1.82, 2.24) is 10.6 Å². The number of carbonyl (C=O) groups is 1. The molecule has 1 aliphatic heterocycles. The molecule has 0 aliphatic carbocycles. The number of benzene rings is 1. The number of piperidine rings is 1. The molecule has 0 saturated carbocycles. The van der Waals surface area contributed by atoms with Crippen LogP contribution in [0.4, 0.5) is 0 Å². The second-order valence-electron chi connectivity index (χ2n) is 4.77. The van der Waals surface area contributed by atoms with Crippen molar-refractivity contribution in [3.8, 4) is 5.75 Å². The standard InChI is InChI=1S/C15H22N2O3/c18-15(12-20-13-4-2-1-3-5-13)17-10-11-19-14-6-8-16-9-7-14/h1-5,14,16H,6-12H2,(H,17,18). The van der Waals surface area contributed by atoms with E-state index in [2.05, 4.69) is 10.6 Å². The SMILES string of the molecule is O=C(COc1ccccc1)NCCOC1CCNCC1. The van der Waals surface area contributed by atoms with E-state index < -0.39 is 0 Å². The summed E-state index contributed by atoms with van der Waals surface area (Å²) in [5.74, 6) is 0.580. The lowest BCUT2D eigenvalue weighted by atomic mass is 10.1. The van der Waals surface area contributed by atoms with Crippen molar-refractivity contribution >= 4 is 5.91 Å². The van der Waals surface area contributed by atoms with Crippen LogP contribution in [0.3, 0.4) is 0 Å². The lowest BCUT2D eigenvalue weighted by Crippen LogP contribution is -2.35. The van der Waals surface area contributed by atoms with Crippen LogP contribution in [0.5, 0.6) is 5.75 Å². The number of nitrogens with one attached hydrogen (secondary N) is 2. The van der Waals surface area contributed by atoms with E-state index in [0.717, 1.165) is 25.9 Å². The topological polar surface area (TPSA) is 59.6 Å². The van der Waals surface area contributed by atoms with Crippen LogP contribution in [0.1, 0.15) is 12.8 Å². The van der Waals surface area contributed by atoms with E-state index in [1.807, 2.05) is 30.3 Å². The van der Waals surface area contributed by atoms with E-state index in [1.54, 1.807) is 0 Å². The van der Waals surface area contributed by atoms with Crippen molar-refractivity contribution in [2.45, 2.75) is 18.9 Å². The van der Waals surface area contributed by atoms with E-state index >= 15 is 0 Å². The highest BCUT2D eigenvalue weighted by atomic mass is 16.5. The first-order valence-corrected chi connectivity index (χ1v) is 7.11.